The Morgan fingerprint density at radius 1 is 1.19 bits per heavy atom. The lowest BCUT2D eigenvalue weighted by molar-refractivity contribution is 0.103. The summed E-state index contributed by atoms with van der Waals surface area (Å²) in [5.41, 5.74) is 3.50. The van der Waals surface area contributed by atoms with Crippen molar-refractivity contribution in [3.05, 3.63) is 81.7 Å². The molecule has 0 aliphatic heterocycles. The van der Waals surface area contributed by atoms with Crippen LogP contribution in [0.2, 0.25) is 5.02 Å². The van der Waals surface area contributed by atoms with Crippen LogP contribution in [0.4, 0.5) is 0 Å². The molecule has 0 saturated heterocycles. The van der Waals surface area contributed by atoms with Gasteiger partial charge in [-0.2, -0.15) is 0 Å². The van der Waals surface area contributed by atoms with E-state index in [1.54, 1.807) is 24.5 Å². The minimum absolute atomic E-state index is 0.0972. The second kappa shape index (κ2) is 7.41. The quantitative estimate of drug-likeness (QED) is 0.560. The van der Waals surface area contributed by atoms with Crippen LogP contribution in [-0.4, -0.2) is 21.4 Å². The van der Waals surface area contributed by atoms with E-state index in [2.05, 4.69) is 5.16 Å². The van der Waals surface area contributed by atoms with E-state index in [1.165, 1.54) is 6.26 Å². The standard InChI is InChI=1S/C21H18ClNO3S/c1-27(25)19-8-4-7-18(22)16(19)11-14-5-2-3-6-15(14)21(24)17-12-26-23-20(17)13-9-10-13/h2-8,12-13H,9-11H2,1H3. The summed E-state index contributed by atoms with van der Waals surface area (Å²) in [4.78, 5) is 13.9. The van der Waals surface area contributed by atoms with Gasteiger partial charge >= 0.3 is 0 Å². The third kappa shape index (κ3) is 3.62. The maximum absolute atomic E-state index is 13.2. The van der Waals surface area contributed by atoms with Crippen molar-refractivity contribution in [3.8, 4) is 0 Å². The van der Waals surface area contributed by atoms with E-state index in [0.717, 1.165) is 29.7 Å². The van der Waals surface area contributed by atoms with E-state index in [-0.39, 0.29) is 5.78 Å². The maximum atomic E-state index is 13.2. The molecule has 27 heavy (non-hydrogen) atoms. The SMILES string of the molecule is CS(=O)c1cccc(Cl)c1Cc1ccccc1C(=O)c1conc1C1CC1. The predicted octanol–water partition coefficient (Wildman–Crippen LogP) is 4.76. The first-order valence-electron chi connectivity index (χ1n) is 8.74. The molecule has 6 heteroatoms. The number of aromatic nitrogens is 1. The largest absolute Gasteiger partial charge is 0.364 e. The fourth-order valence-electron chi connectivity index (χ4n) is 3.28. The van der Waals surface area contributed by atoms with E-state index in [4.69, 9.17) is 16.1 Å². The lowest BCUT2D eigenvalue weighted by atomic mass is 9.94. The van der Waals surface area contributed by atoms with Crippen molar-refractivity contribution >= 4 is 28.2 Å². The Morgan fingerprint density at radius 2 is 1.96 bits per heavy atom. The van der Waals surface area contributed by atoms with E-state index < -0.39 is 10.8 Å². The van der Waals surface area contributed by atoms with Gasteiger partial charge in [0.2, 0.25) is 0 Å². The topological polar surface area (TPSA) is 60.2 Å². The van der Waals surface area contributed by atoms with Gasteiger partial charge < -0.3 is 4.52 Å². The zero-order valence-corrected chi connectivity index (χ0v) is 16.3. The molecule has 1 saturated carbocycles. The Bertz CT molecular complexity index is 1040. The molecule has 1 aliphatic rings. The summed E-state index contributed by atoms with van der Waals surface area (Å²) in [6, 6.07) is 12.8. The van der Waals surface area contributed by atoms with Crippen LogP contribution in [0, 0.1) is 0 Å². The molecule has 0 bridgehead atoms. The van der Waals surface area contributed by atoms with Crippen LogP contribution < -0.4 is 0 Å². The number of hydrogen-bond donors (Lipinski definition) is 0. The molecule has 1 fully saturated rings. The molecule has 1 aromatic heterocycles. The smallest absolute Gasteiger partial charge is 0.198 e. The van der Waals surface area contributed by atoms with Gasteiger partial charge in [0, 0.05) is 34.1 Å². The minimum Gasteiger partial charge on any atom is -0.364 e. The third-order valence-electron chi connectivity index (χ3n) is 4.82. The second-order valence-electron chi connectivity index (χ2n) is 6.72. The normalized spacial score (nSPS) is 14.9. The summed E-state index contributed by atoms with van der Waals surface area (Å²) in [6.07, 6.45) is 5.58. The fraction of sp³-hybridized carbons (Fsp3) is 0.238. The highest BCUT2D eigenvalue weighted by molar-refractivity contribution is 7.84. The Labute approximate surface area is 165 Å². The number of benzene rings is 2. The Hall–Kier alpha value is -2.24. The number of ketones is 1. The first-order chi connectivity index (χ1) is 13.1. The Kier molecular flexibility index (Phi) is 4.98. The lowest BCUT2D eigenvalue weighted by Gasteiger charge is -2.13. The first-order valence-corrected chi connectivity index (χ1v) is 10.7. The maximum Gasteiger partial charge on any atom is 0.198 e. The molecular weight excluding hydrogens is 382 g/mol. The zero-order valence-electron chi connectivity index (χ0n) is 14.8. The Balaban J connectivity index is 1.74. The van der Waals surface area contributed by atoms with Gasteiger partial charge in [-0.3, -0.25) is 9.00 Å². The van der Waals surface area contributed by atoms with Gasteiger partial charge in [-0.1, -0.05) is 47.1 Å². The van der Waals surface area contributed by atoms with Crippen molar-refractivity contribution in [2.24, 2.45) is 0 Å². The molecule has 0 radical (unpaired) electrons. The molecule has 1 aliphatic carbocycles. The molecule has 1 unspecified atom stereocenters. The van der Waals surface area contributed by atoms with Crippen molar-refractivity contribution in [1.29, 1.82) is 0 Å². The Morgan fingerprint density at radius 3 is 2.70 bits per heavy atom. The van der Waals surface area contributed by atoms with Crippen molar-refractivity contribution in [3.63, 3.8) is 0 Å². The van der Waals surface area contributed by atoms with Gasteiger partial charge in [-0.05, 0) is 36.1 Å². The van der Waals surface area contributed by atoms with E-state index in [0.29, 0.717) is 33.4 Å². The molecule has 1 atom stereocenters. The molecule has 3 aromatic rings. The van der Waals surface area contributed by atoms with Crippen molar-refractivity contribution < 1.29 is 13.5 Å². The van der Waals surface area contributed by atoms with E-state index in [9.17, 15) is 9.00 Å². The average Bonchev–Trinajstić information content (AvgIpc) is 3.39. The molecule has 0 N–H and O–H groups in total. The highest BCUT2D eigenvalue weighted by Gasteiger charge is 2.32. The van der Waals surface area contributed by atoms with Crippen molar-refractivity contribution in [2.45, 2.75) is 30.1 Å². The minimum atomic E-state index is -1.17. The number of carbonyl (C=O) groups excluding carboxylic acids is 1. The predicted molar refractivity (Wildman–Crippen MR) is 105 cm³/mol. The molecule has 1 heterocycles. The molecule has 4 nitrogen and oxygen atoms in total. The number of halogens is 1. The zero-order chi connectivity index (χ0) is 19.0. The van der Waals surface area contributed by atoms with E-state index >= 15 is 0 Å². The summed E-state index contributed by atoms with van der Waals surface area (Å²) >= 11 is 6.39. The first kappa shape index (κ1) is 18.1. The molecular formula is C21H18ClNO3S. The third-order valence-corrected chi connectivity index (χ3v) is 6.18. The van der Waals surface area contributed by atoms with Crippen LogP contribution >= 0.6 is 11.6 Å². The number of rotatable bonds is 6. The number of carbonyl (C=O) groups is 1. The average molecular weight is 400 g/mol. The number of hydrogen-bond acceptors (Lipinski definition) is 4. The van der Waals surface area contributed by atoms with Crippen LogP contribution in [0.25, 0.3) is 0 Å². The molecule has 0 spiro atoms. The fourth-order valence-corrected chi connectivity index (χ4v) is 4.37. The van der Waals surface area contributed by atoms with E-state index in [1.807, 2.05) is 24.3 Å². The van der Waals surface area contributed by atoms with Crippen LogP contribution in [-0.2, 0) is 17.2 Å². The van der Waals surface area contributed by atoms with Gasteiger partial charge in [-0.25, -0.2) is 0 Å². The summed E-state index contributed by atoms with van der Waals surface area (Å²) in [5.74, 6) is 0.229. The van der Waals surface area contributed by atoms with Crippen molar-refractivity contribution in [2.75, 3.05) is 6.26 Å². The van der Waals surface area contributed by atoms with Gasteiger partial charge in [0.1, 0.15) is 6.26 Å². The summed E-state index contributed by atoms with van der Waals surface area (Å²) in [7, 11) is -1.17. The van der Waals surface area contributed by atoms with Crippen LogP contribution in [0.1, 0.15) is 51.5 Å². The molecule has 2 aromatic carbocycles. The van der Waals surface area contributed by atoms with Crippen molar-refractivity contribution in [1.82, 2.24) is 5.16 Å². The summed E-state index contributed by atoms with van der Waals surface area (Å²) in [6.45, 7) is 0. The highest BCUT2D eigenvalue weighted by Crippen LogP contribution is 2.41. The number of nitrogens with zero attached hydrogens (tertiary/aromatic N) is 1. The molecule has 0 amide bonds. The summed E-state index contributed by atoms with van der Waals surface area (Å²) in [5, 5.41) is 4.58. The lowest BCUT2D eigenvalue weighted by Crippen LogP contribution is -2.08. The van der Waals surface area contributed by atoms with Crippen LogP contribution in [0.5, 0.6) is 0 Å². The van der Waals surface area contributed by atoms with Gasteiger partial charge in [0.25, 0.3) is 0 Å². The van der Waals surface area contributed by atoms with Gasteiger partial charge in [0.15, 0.2) is 5.78 Å². The monoisotopic (exact) mass is 399 g/mol. The van der Waals surface area contributed by atoms with Crippen LogP contribution in [0.15, 0.2) is 58.1 Å². The van der Waals surface area contributed by atoms with Crippen LogP contribution in [0.3, 0.4) is 0 Å². The summed E-state index contributed by atoms with van der Waals surface area (Å²) < 4.78 is 17.2. The van der Waals surface area contributed by atoms with Gasteiger partial charge in [0.05, 0.1) is 22.1 Å². The highest BCUT2D eigenvalue weighted by atomic mass is 35.5. The van der Waals surface area contributed by atoms with Gasteiger partial charge in [-0.15, -0.1) is 0 Å². The molecule has 4 rings (SSSR count). The molecule has 138 valence electrons. The second-order valence-corrected chi connectivity index (χ2v) is 8.48.